The van der Waals surface area contributed by atoms with Crippen molar-refractivity contribution in [2.75, 3.05) is 13.6 Å². The maximum absolute atomic E-state index is 11.7. The van der Waals surface area contributed by atoms with E-state index in [1.165, 1.54) is 7.05 Å². The molecule has 0 bridgehead atoms. The summed E-state index contributed by atoms with van der Waals surface area (Å²) in [5.41, 5.74) is 6.41. The number of carbonyl (C=O) groups excluding carboxylic acids is 2. The molecule has 0 aromatic heterocycles. The van der Waals surface area contributed by atoms with Crippen LogP contribution < -0.4 is 5.73 Å². The van der Waals surface area contributed by atoms with Crippen molar-refractivity contribution in [1.82, 2.24) is 4.90 Å². The van der Waals surface area contributed by atoms with E-state index in [0.29, 0.717) is 0 Å². The fourth-order valence-electron chi connectivity index (χ4n) is 1.63. The van der Waals surface area contributed by atoms with Crippen molar-refractivity contribution in [2.24, 2.45) is 5.73 Å². The summed E-state index contributed by atoms with van der Waals surface area (Å²) in [7, 11) is 1.31. The Balaban J connectivity index is 2.39. The number of hydrogen-bond donors (Lipinski definition) is 2. The van der Waals surface area contributed by atoms with Crippen LogP contribution in [0.15, 0.2) is 30.3 Å². The van der Waals surface area contributed by atoms with Gasteiger partial charge in [0, 0.05) is 7.05 Å². The molecule has 1 atom stereocenters. The maximum atomic E-state index is 11.7. The van der Waals surface area contributed by atoms with Gasteiger partial charge in [0.25, 0.3) is 0 Å². The molecule has 1 rings (SSSR count). The van der Waals surface area contributed by atoms with Crippen molar-refractivity contribution < 1.29 is 24.2 Å². The molecule has 1 amide bonds. The van der Waals surface area contributed by atoms with Gasteiger partial charge in [-0.05, 0) is 5.56 Å². The van der Waals surface area contributed by atoms with Gasteiger partial charge in [-0.3, -0.25) is 14.4 Å². The van der Waals surface area contributed by atoms with E-state index in [4.69, 9.17) is 15.6 Å². The van der Waals surface area contributed by atoms with Crippen LogP contribution in [-0.2, 0) is 25.7 Å². The van der Waals surface area contributed by atoms with Crippen LogP contribution in [0.5, 0.6) is 0 Å². The second-order valence-corrected chi connectivity index (χ2v) is 4.54. The molecule has 0 aliphatic rings. The highest BCUT2D eigenvalue weighted by Crippen LogP contribution is 2.03. The summed E-state index contributed by atoms with van der Waals surface area (Å²) in [5.74, 6) is -2.37. The predicted octanol–water partition coefficient (Wildman–Crippen LogP) is -0.00980. The van der Waals surface area contributed by atoms with E-state index in [0.717, 1.165) is 10.5 Å². The average molecular weight is 294 g/mol. The van der Waals surface area contributed by atoms with E-state index in [1.807, 2.05) is 18.2 Å². The topological polar surface area (TPSA) is 110 Å². The molecule has 0 fully saturated rings. The van der Waals surface area contributed by atoms with E-state index in [9.17, 15) is 14.4 Å². The lowest BCUT2D eigenvalue weighted by molar-refractivity contribution is -0.148. The number of likely N-dealkylation sites (N-methyl/N-ethyl adjacent to an activating group) is 1. The molecule has 7 nitrogen and oxygen atoms in total. The van der Waals surface area contributed by atoms with Gasteiger partial charge in [-0.15, -0.1) is 0 Å². The number of esters is 1. The summed E-state index contributed by atoms with van der Waals surface area (Å²) in [5, 5.41) is 8.58. The number of amides is 1. The summed E-state index contributed by atoms with van der Waals surface area (Å²) in [4.78, 5) is 34.8. The van der Waals surface area contributed by atoms with Crippen molar-refractivity contribution in [1.29, 1.82) is 0 Å². The van der Waals surface area contributed by atoms with E-state index in [2.05, 4.69) is 0 Å². The molecule has 0 saturated heterocycles. The first-order valence-corrected chi connectivity index (χ1v) is 6.32. The van der Waals surface area contributed by atoms with Gasteiger partial charge in [0.2, 0.25) is 5.91 Å². The Morgan fingerprint density at radius 3 is 2.48 bits per heavy atom. The lowest BCUT2D eigenvalue weighted by atomic mass is 10.2. The van der Waals surface area contributed by atoms with Crippen molar-refractivity contribution in [3.05, 3.63) is 35.9 Å². The van der Waals surface area contributed by atoms with Crippen LogP contribution in [0, 0.1) is 0 Å². The smallest absolute Gasteiger partial charge is 0.323 e. The summed E-state index contributed by atoms with van der Waals surface area (Å²) in [6, 6.07) is 7.98. The quantitative estimate of drug-likeness (QED) is 0.684. The maximum Gasteiger partial charge on any atom is 0.323 e. The second kappa shape index (κ2) is 8.01. The van der Waals surface area contributed by atoms with Crippen LogP contribution >= 0.6 is 0 Å². The van der Waals surface area contributed by atoms with Gasteiger partial charge in [0.1, 0.15) is 13.2 Å². The van der Waals surface area contributed by atoms with E-state index in [-0.39, 0.29) is 13.0 Å². The fraction of sp³-hybridized carbons (Fsp3) is 0.357. The first-order chi connectivity index (χ1) is 9.90. The molecule has 0 radical (unpaired) electrons. The number of aliphatic carboxylic acids is 1. The number of ether oxygens (including phenoxy) is 1. The third-order valence-electron chi connectivity index (χ3n) is 2.70. The number of benzene rings is 1. The lowest BCUT2D eigenvalue weighted by Crippen LogP contribution is -2.44. The van der Waals surface area contributed by atoms with Gasteiger partial charge in [0.15, 0.2) is 0 Å². The third-order valence-corrected chi connectivity index (χ3v) is 2.70. The molecule has 1 aromatic carbocycles. The molecule has 0 aliphatic carbocycles. The number of rotatable bonds is 7. The third kappa shape index (κ3) is 6.05. The molecule has 0 aliphatic heterocycles. The Morgan fingerprint density at radius 2 is 1.90 bits per heavy atom. The monoisotopic (exact) mass is 294 g/mol. The first kappa shape index (κ1) is 16.6. The highest BCUT2D eigenvalue weighted by molar-refractivity contribution is 5.88. The molecule has 3 N–H and O–H groups in total. The molecular formula is C14H18N2O5. The van der Waals surface area contributed by atoms with Gasteiger partial charge < -0.3 is 20.5 Å². The molecule has 1 unspecified atom stereocenters. The largest absolute Gasteiger partial charge is 0.480 e. The molecular weight excluding hydrogens is 276 g/mol. The summed E-state index contributed by atoms with van der Waals surface area (Å²) >= 11 is 0. The molecule has 1 aromatic rings. The van der Waals surface area contributed by atoms with Crippen molar-refractivity contribution in [3.8, 4) is 0 Å². The van der Waals surface area contributed by atoms with Gasteiger partial charge in [-0.2, -0.15) is 0 Å². The summed E-state index contributed by atoms with van der Waals surface area (Å²) in [6.07, 6.45) is -0.296. The Morgan fingerprint density at radius 1 is 1.29 bits per heavy atom. The number of nitrogens with two attached hydrogens (primary N) is 1. The van der Waals surface area contributed by atoms with Gasteiger partial charge in [-0.1, -0.05) is 30.3 Å². The fourth-order valence-corrected chi connectivity index (χ4v) is 1.63. The van der Waals surface area contributed by atoms with Gasteiger partial charge >= 0.3 is 11.9 Å². The van der Waals surface area contributed by atoms with Crippen LogP contribution in [0.2, 0.25) is 0 Å². The molecule has 0 saturated carbocycles. The molecule has 114 valence electrons. The van der Waals surface area contributed by atoms with Crippen LogP contribution in [0.3, 0.4) is 0 Å². The number of carboxylic acid groups (broad SMARTS) is 1. The number of hydrogen-bond acceptors (Lipinski definition) is 5. The predicted molar refractivity (Wildman–Crippen MR) is 74.1 cm³/mol. The number of carbonyl (C=O) groups is 3. The SMILES string of the molecule is CN(CC(=O)O)C(=O)C(N)CC(=O)OCc1ccccc1. The molecule has 7 heteroatoms. The minimum atomic E-state index is -1.15. The number of carboxylic acids is 1. The van der Waals surface area contributed by atoms with E-state index < -0.39 is 30.4 Å². The zero-order chi connectivity index (χ0) is 15.8. The normalized spacial score (nSPS) is 11.5. The van der Waals surface area contributed by atoms with Crippen molar-refractivity contribution >= 4 is 17.8 Å². The summed E-state index contributed by atoms with van der Waals surface area (Å²) < 4.78 is 5.00. The average Bonchev–Trinajstić information content (AvgIpc) is 2.44. The Labute approximate surface area is 122 Å². The Kier molecular flexibility index (Phi) is 6.35. The highest BCUT2D eigenvalue weighted by atomic mass is 16.5. The number of nitrogens with zero attached hydrogens (tertiary/aromatic N) is 1. The van der Waals surface area contributed by atoms with Crippen molar-refractivity contribution in [2.45, 2.75) is 19.1 Å². The van der Waals surface area contributed by atoms with Crippen molar-refractivity contribution in [3.63, 3.8) is 0 Å². The minimum Gasteiger partial charge on any atom is -0.480 e. The van der Waals surface area contributed by atoms with E-state index in [1.54, 1.807) is 12.1 Å². The Hall–Kier alpha value is -2.41. The Bertz CT molecular complexity index is 503. The van der Waals surface area contributed by atoms with Crippen LogP contribution in [0.4, 0.5) is 0 Å². The van der Waals surface area contributed by atoms with Crippen LogP contribution in [0.25, 0.3) is 0 Å². The second-order valence-electron chi connectivity index (χ2n) is 4.54. The molecule has 0 heterocycles. The first-order valence-electron chi connectivity index (χ1n) is 6.32. The summed E-state index contributed by atoms with van der Waals surface area (Å²) in [6.45, 7) is -0.364. The zero-order valence-corrected chi connectivity index (χ0v) is 11.7. The van der Waals surface area contributed by atoms with E-state index >= 15 is 0 Å². The molecule has 0 spiro atoms. The van der Waals surface area contributed by atoms with Crippen LogP contribution in [-0.4, -0.2) is 47.5 Å². The minimum absolute atomic E-state index is 0.103. The van der Waals surface area contributed by atoms with Crippen LogP contribution in [0.1, 0.15) is 12.0 Å². The van der Waals surface area contributed by atoms with Gasteiger partial charge in [0.05, 0.1) is 12.5 Å². The highest BCUT2D eigenvalue weighted by Gasteiger charge is 2.23. The standard InChI is InChI=1S/C14H18N2O5/c1-16(8-12(17)18)14(20)11(15)7-13(19)21-9-10-5-3-2-4-6-10/h2-6,11H,7-9,15H2,1H3,(H,17,18). The van der Waals surface area contributed by atoms with Gasteiger partial charge in [-0.25, -0.2) is 0 Å². The molecule has 21 heavy (non-hydrogen) atoms. The zero-order valence-electron chi connectivity index (χ0n) is 11.7. The lowest BCUT2D eigenvalue weighted by Gasteiger charge is -2.18.